The van der Waals surface area contributed by atoms with Crippen molar-refractivity contribution in [2.24, 2.45) is 0 Å². The summed E-state index contributed by atoms with van der Waals surface area (Å²) in [6.45, 7) is 0.808. The van der Waals surface area contributed by atoms with Crippen LogP contribution in [0.4, 0.5) is 10.2 Å². The number of halogens is 1. The molecule has 0 atom stereocenters. The summed E-state index contributed by atoms with van der Waals surface area (Å²) < 4.78 is 13.1. The summed E-state index contributed by atoms with van der Waals surface area (Å²) in [7, 11) is 0. The van der Waals surface area contributed by atoms with Crippen LogP contribution in [-0.4, -0.2) is 26.1 Å². The minimum Gasteiger partial charge on any atom is -0.365 e. The van der Waals surface area contributed by atoms with Crippen LogP contribution in [0, 0.1) is 5.82 Å². The number of aromatic nitrogens is 4. The fourth-order valence-electron chi connectivity index (χ4n) is 3.60. The van der Waals surface area contributed by atoms with Gasteiger partial charge in [-0.3, -0.25) is 9.89 Å². The molecule has 0 bridgehead atoms. The van der Waals surface area contributed by atoms with Gasteiger partial charge in [0.05, 0.1) is 11.8 Å². The van der Waals surface area contributed by atoms with Gasteiger partial charge in [0.15, 0.2) is 5.65 Å². The van der Waals surface area contributed by atoms with Gasteiger partial charge in [-0.05, 0) is 47.0 Å². The molecule has 0 saturated heterocycles. The highest BCUT2D eigenvalue weighted by Crippen LogP contribution is 2.22. The molecular weight excluding hydrogens is 431 g/mol. The van der Waals surface area contributed by atoms with Crippen LogP contribution in [0.5, 0.6) is 0 Å². The van der Waals surface area contributed by atoms with Gasteiger partial charge in [0, 0.05) is 36.4 Å². The van der Waals surface area contributed by atoms with Gasteiger partial charge in [0.1, 0.15) is 11.6 Å². The Balaban J connectivity index is 1.23. The lowest BCUT2D eigenvalue weighted by Crippen LogP contribution is -2.24. The molecule has 3 aromatic heterocycles. The fraction of sp³-hybridized carbons (Fsp3) is 0.0769. The second-order valence-electron chi connectivity index (χ2n) is 7.79. The number of hydrogen-bond donors (Lipinski definition) is 3. The smallest absolute Gasteiger partial charge is 0.255 e. The molecule has 0 aliphatic heterocycles. The van der Waals surface area contributed by atoms with Crippen LogP contribution in [0.2, 0.25) is 0 Å². The van der Waals surface area contributed by atoms with Crippen molar-refractivity contribution < 1.29 is 9.18 Å². The average molecular weight is 452 g/mol. The maximum absolute atomic E-state index is 13.1. The molecule has 2 aromatic carbocycles. The van der Waals surface area contributed by atoms with Crippen LogP contribution in [0.15, 0.2) is 85.3 Å². The summed E-state index contributed by atoms with van der Waals surface area (Å²) in [5, 5.41) is 13.9. The molecule has 0 spiro atoms. The van der Waals surface area contributed by atoms with Gasteiger partial charge in [-0.25, -0.2) is 14.4 Å². The van der Waals surface area contributed by atoms with Crippen molar-refractivity contribution >= 4 is 22.8 Å². The van der Waals surface area contributed by atoms with E-state index in [4.69, 9.17) is 0 Å². The van der Waals surface area contributed by atoms with E-state index in [0.717, 1.165) is 33.3 Å². The number of carbonyl (C=O) groups is 1. The average Bonchev–Trinajstić information content (AvgIpc) is 3.35. The Morgan fingerprint density at radius 1 is 0.882 bits per heavy atom. The van der Waals surface area contributed by atoms with E-state index >= 15 is 0 Å². The standard InChI is InChI=1S/C26H21FN6O/c27-22-9-5-18(6-10-22)14-31-26(34)23-2-1-11-28-25(23)29-13-17-3-7-19(8-4-17)20-12-21-16-32-33-24(21)30-15-20/h1-12,15-16H,13-14H2,(H,28,29)(H,31,34)(H,30,32,33). The van der Waals surface area contributed by atoms with Crippen LogP contribution in [0.25, 0.3) is 22.2 Å². The molecule has 3 N–H and O–H groups in total. The molecule has 34 heavy (non-hydrogen) atoms. The first-order valence-electron chi connectivity index (χ1n) is 10.8. The summed E-state index contributed by atoms with van der Waals surface area (Å²) >= 11 is 0. The van der Waals surface area contributed by atoms with Crippen LogP contribution in [-0.2, 0) is 13.1 Å². The number of nitrogens with one attached hydrogen (secondary N) is 3. The number of hydrogen-bond acceptors (Lipinski definition) is 5. The molecular formula is C26H21FN6O. The van der Waals surface area contributed by atoms with Crippen molar-refractivity contribution in [1.82, 2.24) is 25.5 Å². The van der Waals surface area contributed by atoms with Crippen molar-refractivity contribution in [3.05, 3.63) is 108 Å². The predicted octanol–water partition coefficient (Wildman–Crippen LogP) is 4.70. The molecule has 8 heteroatoms. The first-order chi connectivity index (χ1) is 16.7. The number of carbonyl (C=O) groups excluding carboxylic acids is 1. The lowest BCUT2D eigenvalue weighted by molar-refractivity contribution is 0.0951. The van der Waals surface area contributed by atoms with E-state index in [1.54, 1.807) is 36.7 Å². The molecule has 0 radical (unpaired) electrons. The van der Waals surface area contributed by atoms with Gasteiger partial charge in [-0.1, -0.05) is 36.4 Å². The highest BCUT2D eigenvalue weighted by atomic mass is 19.1. The third-order valence-electron chi connectivity index (χ3n) is 5.46. The Labute approximate surface area is 195 Å². The minimum absolute atomic E-state index is 0.252. The van der Waals surface area contributed by atoms with Crippen LogP contribution in [0.1, 0.15) is 21.5 Å². The third kappa shape index (κ3) is 4.75. The first-order valence-corrected chi connectivity index (χ1v) is 10.8. The Kier molecular flexibility index (Phi) is 5.94. The second-order valence-corrected chi connectivity index (χ2v) is 7.79. The van der Waals surface area contributed by atoms with Gasteiger partial charge in [0.25, 0.3) is 5.91 Å². The minimum atomic E-state index is -0.308. The van der Waals surface area contributed by atoms with Crippen molar-refractivity contribution in [2.75, 3.05) is 5.32 Å². The van der Waals surface area contributed by atoms with E-state index in [0.29, 0.717) is 24.5 Å². The lowest BCUT2D eigenvalue weighted by atomic mass is 10.0. The number of rotatable bonds is 7. The molecule has 1 amide bonds. The Hall–Kier alpha value is -4.59. The zero-order chi connectivity index (χ0) is 23.3. The quantitative estimate of drug-likeness (QED) is 0.333. The summed E-state index contributed by atoms with van der Waals surface area (Å²) in [6, 6.07) is 19.6. The highest BCUT2D eigenvalue weighted by Gasteiger charge is 2.12. The van der Waals surface area contributed by atoms with Crippen LogP contribution in [0.3, 0.4) is 0 Å². The van der Waals surface area contributed by atoms with Gasteiger partial charge in [0.2, 0.25) is 0 Å². The molecule has 5 aromatic rings. The van der Waals surface area contributed by atoms with E-state index in [9.17, 15) is 9.18 Å². The maximum Gasteiger partial charge on any atom is 0.255 e. The number of fused-ring (bicyclic) bond motifs is 1. The van der Waals surface area contributed by atoms with E-state index in [1.807, 2.05) is 36.5 Å². The van der Waals surface area contributed by atoms with Gasteiger partial charge in [-0.2, -0.15) is 5.10 Å². The molecule has 0 unspecified atom stereocenters. The van der Waals surface area contributed by atoms with E-state index in [1.165, 1.54) is 12.1 Å². The Bertz CT molecular complexity index is 1430. The van der Waals surface area contributed by atoms with Crippen molar-refractivity contribution in [3.63, 3.8) is 0 Å². The second kappa shape index (κ2) is 9.50. The number of pyridine rings is 2. The summed E-state index contributed by atoms with van der Waals surface area (Å²) in [5.41, 5.74) is 5.13. The van der Waals surface area contributed by atoms with Crippen LogP contribution >= 0.6 is 0 Å². The van der Waals surface area contributed by atoms with Crippen molar-refractivity contribution in [3.8, 4) is 11.1 Å². The number of benzene rings is 2. The summed E-state index contributed by atoms with van der Waals surface area (Å²) in [4.78, 5) is 21.4. The molecule has 0 saturated carbocycles. The van der Waals surface area contributed by atoms with Crippen molar-refractivity contribution in [1.29, 1.82) is 0 Å². The number of H-pyrrole nitrogens is 1. The molecule has 0 aliphatic rings. The monoisotopic (exact) mass is 452 g/mol. The Morgan fingerprint density at radius 3 is 2.47 bits per heavy atom. The lowest BCUT2D eigenvalue weighted by Gasteiger charge is -2.12. The molecule has 7 nitrogen and oxygen atoms in total. The van der Waals surface area contributed by atoms with Gasteiger partial charge in [-0.15, -0.1) is 0 Å². The third-order valence-corrected chi connectivity index (χ3v) is 5.46. The van der Waals surface area contributed by atoms with E-state index < -0.39 is 0 Å². The van der Waals surface area contributed by atoms with Gasteiger partial charge >= 0.3 is 0 Å². The molecule has 5 rings (SSSR count). The Morgan fingerprint density at radius 2 is 1.65 bits per heavy atom. The van der Waals surface area contributed by atoms with Gasteiger partial charge < -0.3 is 10.6 Å². The SMILES string of the molecule is O=C(NCc1ccc(F)cc1)c1cccnc1NCc1ccc(-c2cnc3[nH]ncc3c2)cc1. The van der Waals surface area contributed by atoms with Crippen molar-refractivity contribution in [2.45, 2.75) is 13.1 Å². The van der Waals surface area contributed by atoms with Crippen LogP contribution < -0.4 is 10.6 Å². The fourth-order valence-corrected chi connectivity index (χ4v) is 3.60. The maximum atomic E-state index is 13.1. The largest absolute Gasteiger partial charge is 0.365 e. The molecule has 0 aliphatic carbocycles. The zero-order valence-corrected chi connectivity index (χ0v) is 18.1. The summed E-state index contributed by atoms with van der Waals surface area (Å²) in [6.07, 6.45) is 5.21. The molecule has 168 valence electrons. The number of amides is 1. The number of anilines is 1. The van der Waals surface area contributed by atoms with E-state index in [2.05, 4.69) is 30.8 Å². The highest BCUT2D eigenvalue weighted by molar-refractivity contribution is 5.98. The number of nitrogens with zero attached hydrogens (tertiary/aromatic N) is 3. The van der Waals surface area contributed by atoms with E-state index in [-0.39, 0.29) is 11.7 Å². The normalized spacial score (nSPS) is 10.9. The molecule has 0 fully saturated rings. The zero-order valence-electron chi connectivity index (χ0n) is 18.1. The first kappa shape index (κ1) is 21.3. The predicted molar refractivity (Wildman–Crippen MR) is 128 cm³/mol. The topological polar surface area (TPSA) is 95.6 Å². The number of aromatic amines is 1. The summed E-state index contributed by atoms with van der Waals surface area (Å²) in [5.74, 6) is -0.0623. The molecule has 3 heterocycles.